The second-order valence-corrected chi connectivity index (χ2v) is 11.9. The van der Waals surface area contributed by atoms with Gasteiger partial charge in [0.15, 0.2) is 5.78 Å². The Hall–Kier alpha value is -4.13. The second kappa shape index (κ2) is 12.6. The van der Waals surface area contributed by atoms with E-state index >= 15 is 0 Å². The van der Waals surface area contributed by atoms with Crippen LogP contribution >= 0.6 is 0 Å². The molecule has 0 saturated heterocycles. The van der Waals surface area contributed by atoms with E-state index in [9.17, 15) is 14.4 Å². The van der Waals surface area contributed by atoms with Gasteiger partial charge in [-0.2, -0.15) is 0 Å². The summed E-state index contributed by atoms with van der Waals surface area (Å²) in [7, 11) is 2.63. The Bertz CT molecular complexity index is 2020. The summed E-state index contributed by atoms with van der Waals surface area (Å²) in [5.41, 5.74) is 11.0. The molecule has 10 heteroatoms. The number of hydrogen-bond donors (Lipinski definition) is 0. The van der Waals surface area contributed by atoms with E-state index in [0.29, 0.717) is 39.8 Å². The maximum atomic E-state index is 14.0. The number of aromatic nitrogens is 4. The number of allylic oxidation sites excluding steroid dienone is 2. The molecule has 6 rings (SSSR count). The largest absolute Gasteiger partial charge is 2.00 e. The Morgan fingerprint density at radius 2 is 1.67 bits per heavy atom. The maximum Gasteiger partial charge on any atom is 2.00 e. The molecule has 2 aliphatic heterocycles. The summed E-state index contributed by atoms with van der Waals surface area (Å²) in [5.74, 6) is -3.01. The summed E-state index contributed by atoms with van der Waals surface area (Å²) < 4.78 is 10.1. The van der Waals surface area contributed by atoms with E-state index in [-0.39, 0.29) is 50.4 Å². The van der Waals surface area contributed by atoms with Crippen molar-refractivity contribution in [3.05, 3.63) is 75.4 Å². The SMILES string of the molecule is C=Cc1c(C)c2cc3nc(c4c5[n-]c(cc6nc(cc1[n-]2)C(C)=C6CC)c(C)c5C(=O)C4C(=O)OC)C(CCC(=O)OC)C3C.[Pd+2]. The smallest absolute Gasteiger partial charge is 0.657 e. The van der Waals surface area contributed by atoms with Crippen molar-refractivity contribution < 1.29 is 44.3 Å². The quantitative estimate of drug-likeness (QED) is 0.161. The van der Waals surface area contributed by atoms with E-state index in [1.807, 2.05) is 45.0 Å². The summed E-state index contributed by atoms with van der Waals surface area (Å²) >= 11 is 0. The van der Waals surface area contributed by atoms with Gasteiger partial charge >= 0.3 is 32.4 Å². The third kappa shape index (κ3) is 5.08. The molecular weight excluding hydrogens is 675 g/mol. The molecule has 5 heterocycles. The summed E-state index contributed by atoms with van der Waals surface area (Å²) in [5, 5.41) is 0. The minimum atomic E-state index is -1.20. The Balaban J connectivity index is 0.00000417. The number of esters is 2. The molecule has 0 aromatic carbocycles. The molecule has 3 atom stereocenters. The topological polar surface area (TPSA) is 124 Å². The molecule has 46 heavy (non-hydrogen) atoms. The normalized spacial score (nSPS) is 18.4. The maximum absolute atomic E-state index is 14.0. The molecule has 0 spiro atoms. The molecule has 3 aliphatic rings. The Morgan fingerprint density at radius 3 is 2.33 bits per heavy atom. The molecule has 0 N–H and O–H groups in total. The van der Waals surface area contributed by atoms with Crippen molar-refractivity contribution in [3.8, 4) is 0 Å². The Morgan fingerprint density at radius 1 is 0.978 bits per heavy atom. The van der Waals surface area contributed by atoms with Crippen LogP contribution in [0.1, 0.15) is 113 Å². The average Bonchev–Trinajstić information content (AvgIpc) is 3.76. The summed E-state index contributed by atoms with van der Waals surface area (Å²) in [6, 6.07) is 5.87. The van der Waals surface area contributed by atoms with E-state index < -0.39 is 11.9 Å². The molecule has 240 valence electrons. The van der Waals surface area contributed by atoms with E-state index in [0.717, 1.165) is 56.8 Å². The van der Waals surface area contributed by atoms with Crippen LogP contribution in [0.2, 0.25) is 0 Å². The van der Waals surface area contributed by atoms with Crippen molar-refractivity contribution in [1.29, 1.82) is 0 Å². The molecule has 0 amide bonds. The van der Waals surface area contributed by atoms with Crippen molar-refractivity contribution in [2.24, 2.45) is 0 Å². The number of methoxy groups -OCH3 is 2. The molecule has 0 saturated carbocycles. The van der Waals surface area contributed by atoms with Crippen molar-refractivity contribution in [2.75, 3.05) is 14.2 Å². The second-order valence-electron chi connectivity index (χ2n) is 11.9. The molecule has 1 aliphatic carbocycles. The first-order valence-electron chi connectivity index (χ1n) is 15.2. The van der Waals surface area contributed by atoms with Crippen LogP contribution in [0.5, 0.6) is 0 Å². The monoisotopic (exact) mass is 710 g/mol. The van der Waals surface area contributed by atoms with Crippen LogP contribution in [0, 0.1) is 13.8 Å². The van der Waals surface area contributed by atoms with Gasteiger partial charge in [-0.25, -0.2) is 4.98 Å². The number of rotatable bonds is 6. The number of nitrogens with zero attached hydrogens (tertiary/aromatic N) is 4. The van der Waals surface area contributed by atoms with E-state index in [1.54, 1.807) is 0 Å². The fourth-order valence-electron chi connectivity index (χ4n) is 7.02. The van der Waals surface area contributed by atoms with E-state index in [2.05, 4.69) is 20.4 Å². The first kappa shape index (κ1) is 33.2. The van der Waals surface area contributed by atoms with Gasteiger partial charge in [-0.1, -0.05) is 55.8 Å². The molecule has 0 fully saturated rings. The van der Waals surface area contributed by atoms with Gasteiger partial charge in [0.05, 0.1) is 25.6 Å². The van der Waals surface area contributed by atoms with Crippen LogP contribution in [0.4, 0.5) is 0 Å². The predicted molar refractivity (Wildman–Crippen MR) is 173 cm³/mol. The van der Waals surface area contributed by atoms with Crippen LogP contribution in [0.25, 0.3) is 39.3 Å². The van der Waals surface area contributed by atoms with E-state index in [4.69, 9.17) is 29.4 Å². The Kier molecular flexibility index (Phi) is 9.09. The fourth-order valence-corrected chi connectivity index (χ4v) is 7.02. The third-order valence-corrected chi connectivity index (χ3v) is 9.63. The van der Waals surface area contributed by atoms with Gasteiger partial charge in [0.1, 0.15) is 5.92 Å². The summed E-state index contributed by atoms with van der Waals surface area (Å²) in [4.78, 5) is 59.7. The van der Waals surface area contributed by atoms with Crippen LogP contribution in [-0.2, 0) is 39.5 Å². The Labute approximate surface area is 281 Å². The zero-order valence-electron chi connectivity index (χ0n) is 27.0. The predicted octanol–water partition coefficient (Wildman–Crippen LogP) is 6.46. The van der Waals surface area contributed by atoms with Gasteiger partial charge in [0, 0.05) is 35.2 Å². The van der Waals surface area contributed by atoms with Crippen molar-refractivity contribution in [1.82, 2.24) is 19.9 Å². The van der Waals surface area contributed by atoms with Crippen LogP contribution < -0.4 is 9.97 Å². The number of carbonyl (C=O) groups is 3. The molecular formula is C36H36N4O5Pd. The van der Waals surface area contributed by atoms with Crippen LogP contribution in [-0.4, -0.2) is 41.9 Å². The van der Waals surface area contributed by atoms with Crippen molar-refractivity contribution >= 4 is 57.0 Å². The van der Waals surface area contributed by atoms with Gasteiger partial charge in [-0.15, -0.1) is 22.1 Å². The summed E-state index contributed by atoms with van der Waals surface area (Å²) in [6.45, 7) is 14.1. The number of carbonyl (C=O) groups excluding carboxylic acids is 3. The molecule has 3 aromatic heterocycles. The van der Waals surface area contributed by atoms with Gasteiger partial charge < -0.3 is 19.4 Å². The number of fused-ring (bicyclic) bond motifs is 8. The van der Waals surface area contributed by atoms with Crippen molar-refractivity contribution in [2.45, 2.75) is 71.6 Å². The number of hydrogen-bond acceptors (Lipinski definition) is 7. The van der Waals surface area contributed by atoms with Gasteiger partial charge in [0.25, 0.3) is 0 Å². The van der Waals surface area contributed by atoms with Gasteiger partial charge in [-0.3, -0.25) is 19.4 Å². The average molecular weight is 711 g/mol. The molecule has 3 aromatic rings. The van der Waals surface area contributed by atoms with Crippen molar-refractivity contribution in [3.63, 3.8) is 0 Å². The molecule has 3 unspecified atom stereocenters. The fraction of sp³-hybridized carbons (Fsp3) is 0.361. The van der Waals surface area contributed by atoms with Crippen LogP contribution in [0.3, 0.4) is 0 Å². The van der Waals surface area contributed by atoms with Gasteiger partial charge in [-0.05, 0) is 55.9 Å². The molecule has 0 radical (unpaired) electrons. The minimum Gasteiger partial charge on any atom is -0.657 e. The number of Topliss-reactive ketones (excluding diaryl/α,β-unsaturated/α-hetero) is 1. The van der Waals surface area contributed by atoms with E-state index in [1.165, 1.54) is 14.2 Å². The first-order chi connectivity index (χ1) is 21.5. The zero-order chi connectivity index (χ0) is 32.3. The first-order valence-corrected chi connectivity index (χ1v) is 15.2. The van der Waals surface area contributed by atoms with Crippen LogP contribution in [0.15, 0.2) is 24.8 Å². The molecule has 8 bridgehead atoms. The number of ketones is 1. The number of ether oxygens (including phenoxy) is 2. The minimum absolute atomic E-state index is 0. The standard InChI is InChI=1S/C36H37N4O5.Pd/c1-9-20-16(3)23-13-25-18(5)22(11-12-29(41)44-7)33(39-25)31-32(36(43)45-8)35(42)30-19(6)26(40-34(30)31)15-28-21(10-2)17(4)24(38-28)14-27(20)37-23;/h9,13-15,18,22,32H,1,10-12H2,2-8H3,(H-,37,38,39,40,42);/q-1;+2/p-1. The zero-order valence-corrected chi connectivity index (χ0v) is 28.6. The third-order valence-electron chi connectivity index (χ3n) is 9.63. The number of aryl methyl sites for hydroxylation is 2. The van der Waals surface area contributed by atoms with Gasteiger partial charge in [0.2, 0.25) is 0 Å². The molecule has 9 nitrogen and oxygen atoms in total. The summed E-state index contributed by atoms with van der Waals surface area (Å²) in [6.07, 6.45) is 3.13.